The summed E-state index contributed by atoms with van der Waals surface area (Å²) in [6.07, 6.45) is 6.84. The number of nitrogens with one attached hydrogen (secondary N) is 2. The maximum absolute atomic E-state index is 12.7. The number of piperidine rings is 1. The van der Waals surface area contributed by atoms with Crippen molar-refractivity contribution in [3.8, 4) is 0 Å². The molecule has 1 saturated heterocycles. The number of thiazole rings is 1. The molecule has 0 atom stereocenters. The number of carbonyl (C=O) groups excluding carboxylic acids is 1. The van der Waals surface area contributed by atoms with Crippen molar-refractivity contribution in [1.29, 1.82) is 0 Å². The number of aromatic nitrogens is 3. The van der Waals surface area contributed by atoms with Crippen molar-refractivity contribution in [3.05, 3.63) is 35.0 Å². The topological polar surface area (TPSA) is 71.8 Å². The van der Waals surface area contributed by atoms with E-state index >= 15 is 0 Å². The lowest BCUT2D eigenvalue weighted by Gasteiger charge is -2.36. The zero-order valence-electron chi connectivity index (χ0n) is 11.1. The Kier molecular flexibility index (Phi) is 3.79. The van der Waals surface area contributed by atoms with Crippen LogP contribution in [0.2, 0.25) is 0 Å². The second kappa shape index (κ2) is 5.72. The summed E-state index contributed by atoms with van der Waals surface area (Å²) in [4.78, 5) is 16.9. The van der Waals surface area contributed by atoms with Crippen LogP contribution in [0.25, 0.3) is 0 Å². The molecule has 1 fully saturated rings. The Morgan fingerprint density at radius 2 is 2.30 bits per heavy atom. The first kappa shape index (κ1) is 13.3. The monoisotopic (exact) mass is 291 g/mol. The van der Waals surface area contributed by atoms with Gasteiger partial charge < -0.3 is 10.6 Å². The highest BCUT2D eigenvalue weighted by Gasteiger charge is 2.41. The van der Waals surface area contributed by atoms with Gasteiger partial charge in [0.15, 0.2) is 0 Å². The molecule has 0 spiro atoms. The molecule has 3 heterocycles. The van der Waals surface area contributed by atoms with E-state index in [0.717, 1.165) is 30.9 Å². The van der Waals surface area contributed by atoms with E-state index in [2.05, 4.69) is 20.7 Å². The molecular weight excluding hydrogens is 274 g/mol. The number of hydrogen-bond donors (Lipinski definition) is 2. The minimum Gasteiger partial charge on any atom is -0.347 e. The van der Waals surface area contributed by atoms with E-state index < -0.39 is 5.54 Å². The third-order valence-electron chi connectivity index (χ3n) is 3.68. The summed E-state index contributed by atoms with van der Waals surface area (Å²) >= 11 is 1.55. The van der Waals surface area contributed by atoms with Crippen LogP contribution < -0.4 is 10.6 Å². The lowest BCUT2D eigenvalue weighted by Crippen LogP contribution is -2.54. The smallest absolute Gasteiger partial charge is 0.248 e. The van der Waals surface area contributed by atoms with Gasteiger partial charge in [-0.15, -0.1) is 11.3 Å². The standard InChI is InChI=1S/C13H17N5OS/c19-12(16-10-11-15-7-9-20-11)13(2-5-14-6-3-13)18-8-1-4-17-18/h1,4,7-9,14H,2-3,5-6,10H2,(H,16,19). The molecule has 0 bridgehead atoms. The van der Waals surface area contributed by atoms with Crippen LogP contribution in [-0.4, -0.2) is 33.8 Å². The summed E-state index contributed by atoms with van der Waals surface area (Å²) in [6, 6.07) is 1.86. The van der Waals surface area contributed by atoms with E-state index in [0.29, 0.717) is 6.54 Å². The van der Waals surface area contributed by atoms with Crippen molar-refractivity contribution in [2.75, 3.05) is 13.1 Å². The Bertz CT molecular complexity index is 545. The van der Waals surface area contributed by atoms with E-state index in [-0.39, 0.29) is 5.91 Å². The highest BCUT2D eigenvalue weighted by Crippen LogP contribution is 2.27. The molecule has 2 aromatic heterocycles. The predicted molar refractivity (Wildman–Crippen MR) is 76.3 cm³/mol. The zero-order valence-corrected chi connectivity index (χ0v) is 11.9. The zero-order chi connectivity index (χ0) is 13.8. The number of nitrogens with zero attached hydrogens (tertiary/aromatic N) is 3. The van der Waals surface area contributed by atoms with Crippen molar-refractivity contribution in [1.82, 2.24) is 25.4 Å². The Hall–Kier alpha value is -1.73. The van der Waals surface area contributed by atoms with Gasteiger partial charge in [0.05, 0.1) is 6.54 Å². The number of rotatable bonds is 4. The molecule has 2 N–H and O–H groups in total. The maximum Gasteiger partial charge on any atom is 0.248 e. The molecular formula is C13H17N5OS. The highest BCUT2D eigenvalue weighted by molar-refractivity contribution is 7.09. The molecule has 6 nitrogen and oxygen atoms in total. The molecule has 0 unspecified atom stereocenters. The van der Waals surface area contributed by atoms with Crippen LogP contribution >= 0.6 is 11.3 Å². The first-order chi connectivity index (χ1) is 9.81. The van der Waals surface area contributed by atoms with Crippen molar-refractivity contribution in [2.24, 2.45) is 0 Å². The highest BCUT2D eigenvalue weighted by atomic mass is 32.1. The molecule has 2 aromatic rings. The van der Waals surface area contributed by atoms with Gasteiger partial charge in [-0.3, -0.25) is 9.48 Å². The third-order valence-corrected chi connectivity index (χ3v) is 4.46. The normalized spacial score (nSPS) is 17.8. The SMILES string of the molecule is O=C(NCc1nccs1)C1(n2cccn2)CCNCC1. The van der Waals surface area contributed by atoms with Crippen molar-refractivity contribution in [3.63, 3.8) is 0 Å². The second-order valence-electron chi connectivity index (χ2n) is 4.84. The molecule has 0 radical (unpaired) electrons. The van der Waals surface area contributed by atoms with E-state index in [9.17, 15) is 4.79 Å². The summed E-state index contributed by atoms with van der Waals surface area (Å²) in [5.41, 5.74) is -0.577. The van der Waals surface area contributed by atoms with Gasteiger partial charge in [-0.2, -0.15) is 5.10 Å². The van der Waals surface area contributed by atoms with Crippen molar-refractivity contribution < 1.29 is 4.79 Å². The number of amides is 1. The van der Waals surface area contributed by atoms with Gasteiger partial charge >= 0.3 is 0 Å². The van der Waals surface area contributed by atoms with Crippen molar-refractivity contribution >= 4 is 17.2 Å². The molecule has 20 heavy (non-hydrogen) atoms. The Balaban J connectivity index is 1.77. The summed E-state index contributed by atoms with van der Waals surface area (Å²) in [5.74, 6) is 0.0258. The fraction of sp³-hybridized carbons (Fsp3) is 0.462. The van der Waals surface area contributed by atoms with Crippen molar-refractivity contribution in [2.45, 2.75) is 24.9 Å². The minimum absolute atomic E-state index is 0.0258. The lowest BCUT2D eigenvalue weighted by atomic mass is 9.87. The predicted octanol–water partition coefficient (Wildman–Crippen LogP) is 0.735. The van der Waals surface area contributed by atoms with Gasteiger partial charge in [0, 0.05) is 24.0 Å². The van der Waals surface area contributed by atoms with Crippen LogP contribution in [0.15, 0.2) is 30.0 Å². The lowest BCUT2D eigenvalue weighted by molar-refractivity contribution is -0.132. The summed E-state index contributed by atoms with van der Waals surface area (Å²) in [6.45, 7) is 2.13. The van der Waals surface area contributed by atoms with Crippen LogP contribution in [0.3, 0.4) is 0 Å². The molecule has 1 aliphatic rings. The minimum atomic E-state index is -0.577. The van der Waals surface area contributed by atoms with Crippen LogP contribution in [0.5, 0.6) is 0 Å². The maximum atomic E-state index is 12.7. The average molecular weight is 291 g/mol. The Morgan fingerprint density at radius 1 is 1.45 bits per heavy atom. The molecule has 3 rings (SSSR count). The van der Waals surface area contributed by atoms with Crippen LogP contribution in [0.4, 0.5) is 0 Å². The van der Waals surface area contributed by atoms with Gasteiger partial charge in [0.25, 0.3) is 0 Å². The molecule has 7 heteroatoms. The first-order valence-corrected chi connectivity index (χ1v) is 7.57. The Morgan fingerprint density at radius 3 is 2.95 bits per heavy atom. The number of hydrogen-bond acceptors (Lipinski definition) is 5. The van der Waals surface area contributed by atoms with Crippen LogP contribution in [0.1, 0.15) is 17.8 Å². The fourth-order valence-electron chi connectivity index (χ4n) is 2.58. The first-order valence-electron chi connectivity index (χ1n) is 6.69. The number of carbonyl (C=O) groups is 1. The van der Waals surface area contributed by atoms with E-state index in [1.165, 1.54) is 0 Å². The molecule has 0 aliphatic carbocycles. The van der Waals surface area contributed by atoms with E-state index in [4.69, 9.17) is 0 Å². The summed E-state index contributed by atoms with van der Waals surface area (Å²) in [7, 11) is 0. The molecule has 0 aromatic carbocycles. The second-order valence-corrected chi connectivity index (χ2v) is 5.82. The fourth-order valence-corrected chi connectivity index (χ4v) is 3.14. The van der Waals surface area contributed by atoms with Crippen LogP contribution in [-0.2, 0) is 16.9 Å². The molecule has 1 aliphatic heterocycles. The average Bonchev–Trinajstić information content (AvgIpc) is 3.18. The van der Waals surface area contributed by atoms with E-state index in [1.807, 2.05) is 17.6 Å². The van der Waals surface area contributed by atoms with Gasteiger partial charge in [0.2, 0.25) is 5.91 Å². The largest absolute Gasteiger partial charge is 0.347 e. The van der Waals surface area contributed by atoms with Gasteiger partial charge in [-0.25, -0.2) is 4.98 Å². The Labute approximate surface area is 121 Å². The quantitative estimate of drug-likeness (QED) is 0.871. The van der Waals surface area contributed by atoms with Crippen LogP contribution in [0, 0.1) is 0 Å². The van der Waals surface area contributed by atoms with E-state index in [1.54, 1.807) is 28.4 Å². The van der Waals surface area contributed by atoms with Gasteiger partial charge in [0.1, 0.15) is 10.5 Å². The van der Waals surface area contributed by atoms with Gasteiger partial charge in [-0.05, 0) is 32.0 Å². The summed E-state index contributed by atoms with van der Waals surface area (Å²) < 4.78 is 1.80. The summed E-state index contributed by atoms with van der Waals surface area (Å²) in [5, 5.41) is 13.4. The molecule has 106 valence electrons. The third kappa shape index (κ3) is 2.46. The van der Waals surface area contributed by atoms with Gasteiger partial charge in [-0.1, -0.05) is 0 Å². The molecule has 1 amide bonds. The molecule has 0 saturated carbocycles.